The molecule has 92 valence electrons. The smallest absolute Gasteiger partial charge is 0.114 e. The molecule has 17 heavy (non-hydrogen) atoms. The zero-order chi connectivity index (χ0) is 12.3. The van der Waals surface area contributed by atoms with Gasteiger partial charge in [0, 0.05) is 8.95 Å². The second-order valence-corrected chi connectivity index (χ2v) is 5.82. The average Bonchev–Trinajstić information content (AvgIpc) is 2.67. The van der Waals surface area contributed by atoms with Gasteiger partial charge in [-0.1, -0.05) is 26.2 Å². The number of nitrogens with zero attached hydrogens (tertiary/aromatic N) is 3. The maximum atomic E-state index is 4.47. The molecule has 0 aliphatic rings. The van der Waals surface area contributed by atoms with E-state index in [1.165, 1.54) is 19.3 Å². The molecule has 3 nitrogen and oxygen atoms in total. The number of aryl methyl sites for hydroxylation is 1. The molecule has 2 aromatic rings. The van der Waals surface area contributed by atoms with Gasteiger partial charge in [0.05, 0.1) is 6.54 Å². The van der Waals surface area contributed by atoms with Crippen molar-refractivity contribution in [2.75, 3.05) is 0 Å². The highest BCUT2D eigenvalue weighted by atomic mass is 79.9. The summed E-state index contributed by atoms with van der Waals surface area (Å²) in [7, 11) is 0. The summed E-state index contributed by atoms with van der Waals surface area (Å²) in [5, 5.41) is 8.93. The molecule has 0 atom stereocenters. The Morgan fingerprint density at radius 1 is 1.00 bits per heavy atom. The van der Waals surface area contributed by atoms with Gasteiger partial charge in [0.15, 0.2) is 0 Å². The highest BCUT2D eigenvalue weighted by molar-refractivity contribution is 9.13. The van der Waals surface area contributed by atoms with Gasteiger partial charge in [0.25, 0.3) is 0 Å². The van der Waals surface area contributed by atoms with Crippen molar-refractivity contribution < 1.29 is 0 Å². The Morgan fingerprint density at radius 3 is 2.12 bits per heavy atom. The van der Waals surface area contributed by atoms with E-state index in [1.807, 2.05) is 12.1 Å². The molecule has 1 aromatic carbocycles. The standard InChI is InChI=1S/C12H15Br2N3/c1-2-3-4-5-6-17-15-11-7-9(13)10(14)8-12(11)16-17/h7-8H,2-6H2,1H3. The third kappa shape index (κ3) is 3.28. The Balaban J connectivity index is 2.09. The van der Waals surface area contributed by atoms with E-state index in [4.69, 9.17) is 0 Å². The summed E-state index contributed by atoms with van der Waals surface area (Å²) in [6, 6.07) is 3.99. The van der Waals surface area contributed by atoms with E-state index in [0.29, 0.717) is 0 Å². The highest BCUT2D eigenvalue weighted by Gasteiger charge is 2.06. The van der Waals surface area contributed by atoms with Crippen LogP contribution in [-0.4, -0.2) is 15.0 Å². The summed E-state index contributed by atoms with van der Waals surface area (Å²) in [6.45, 7) is 3.12. The Kier molecular flexibility index (Phi) is 4.56. The molecule has 0 radical (unpaired) electrons. The van der Waals surface area contributed by atoms with Gasteiger partial charge in [-0.05, 0) is 50.4 Å². The van der Waals surface area contributed by atoms with Crippen LogP contribution in [0.3, 0.4) is 0 Å². The van der Waals surface area contributed by atoms with Crippen LogP contribution in [0.2, 0.25) is 0 Å². The molecular formula is C12H15Br2N3. The number of hydrogen-bond acceptors (Lipinski definition) is 2. The van der Waals surface area contributed by atoms with Crippen molar-refractivity contribution in [3.8, 4) is 0 Å². The average molecular weight is 361 g/mol. The lowest BCUT2D eigenvalue weighted by molar-refractivity contribution is 0.495. The van der Waals surface area contributed by atoms with Crippen molar-refractivity contribution in [1.29, 1.82) is 0 Å². The molecule has 0 N–H and O–H groups in total. The third-order valence-electron chi connectivity index (χ3n) is 2.68. The van der Waals surface area contributed by atoms with Crippen molar-refractivity contribution in [1.82, 2.24) is 15.0 Å². The molecule has 5 heteroatoms. The number of benzene rings is 1. The van der Waals surface area contributed by atoms with E-state index < -0.39 is 0 Å². The summed E-state index contributed by atoms with van der Waals surface area (Å²) in [4.78, 5) is 1.80. The van der Waals surface area contributed by atoms with Gasteiger partial charge in [-0.25, -0.2) is 0 Å². The second-order valence-electron chi connectivity index (χ2n) is 4.11. The number of hydrogen-bond donors (Lipinski definition) is 0. The van der Waals surface area contributed by atoms with Crippen LogP contribution in [0, 0.1) is 0 Å². The highest BCUT2D eigenvalue weighted by Crippen LogP contribution is 2.26. The summed E-state index contributed by atoms with van der Waals surface area (Å²) in [6.07, 6.45) is 4.95. The van der Waals surface area contributed by atoms with Crippen molar-refractivity contribution >= 4 is 42.9 Å². The van der Waals surface area contributed by atoms with E-state index in [-0.39, 0.29) is 0 Å². The lowest BCUT2D eigenvalue weighted by atomic mass is 10.2. The lowest BCUT2D eigenvalue weighted by Crippen LogP contribution is -2.01. The first-order valence-corrected chi connectivity index (χ1v) is 7.49. The van der Waals surface area contributed by atoms with Crippen LogP contribution < -0.4 is 0 Å². The zero-order valence-corrected chi connectivity index (χ0v) is 13.0. The van der Waals surface area contributed by atoms with Crippen LogP contribution in [0.5, 0.6) is 0 Å². The normalized spacial score (nSPS) is 11.2. The van der Waals surface area contributed by atoms with Gasteiger partial charge >= 0.3 is 0 Å². The molecule has 0 bridgehead atoms. The fraction of sp³-hybridized carbons (Fsp3) is 0.500. The first-order chi connectivity index (χ1) is 8.20. The molecular weight excluding hydrogens is 346 g/mol. The van der Waals surface area contributed by atoms with E-state index >= 15 is 0 Å². The number of rotatable bonds is 5. The molecule has 0 unspecified atom stereocenters. The Bertz CT molecular complexity index is 469. The number of unbranched alkanes of at least 4 members (excludes halogenated alkanes) is 3. The van der Waals surface area contributed by atoms with Crippen LogP contribution in [0.15, 0.2) is 21.1 Å². The van der Waals surface area contributed by atoms with E-state index in [9.17, 15) is 0 Å². The van der Waals surface area contributed by atoms with E-state index in [1.54, 1.807) is 4.80 Å². The van der Waals surface area contributed by atoms with Gasteiger partial charge in [-0.2, -0.15) is 15.0 Å². The largest absolute Gasteiger partial charge is 0.184 e. The lowest BCUT2D eigenvalue weighted by Gasteiger charge is -1.98. The minimum atomic E-state index is 0.907. The number of fused-ring (bicyclic) bond motifs is 1. The van der Waals surface area contributed by atoms with Crippen LogP contribution in [0.1, 0.15) is 32.6 Å². The third-order valence-corrected chi connectivity index (χ3v) is 4.52. The van der Waals surface area contributed by atoms with Gasteiger partial charge in [-0.15, -0.1) is 0 Å². The molecule has 0 spiro atoms. The molecule has 0 aliphatic heterocycles. The number of halogens is 2. The van der Waals surface area contributed by atoms with Crippen LogP contribution in [-0.2, 0) is 6.54 Å². The van der Waals surface area contributed by atoms with Crippen LogP contribution in [0.25, 0.3) is 11.0 Å². The summed E-state index contributed by atoms with van der Waals surface area (Å²) >= 11 is 6.95. The van der Waals surface area contributed by atoms with Crippen molar-refractivity contribution in [3.63, 3.8) is 0 Å². The first-order valence-electron chi connectivity index (χ1n) is 5.90. The maximum absolute atomic E-state index is 4.47. The van der Waals surface area contributed by atoms with Crippen LogP contribution >= 0.6 is 31.9 Å². The Labute approximate surface area is 118 Å². The Morgan fingerprint density at radius 2 is 1.59 bits per heavy atom. The molecule has 0 amide bonds. The quantitative estimate of drug-likeness (QED) is 0.733. The monoisotopic (exact) mass is 359 g/mol. The molecule has 0 saturated heterocycles. The van der Waals surface area contributed by atoms with Gasteiger partial charge < -0.3 is 0 Å². The summed E-state index contributed by atoms with van der Waals surface area (Å²) < 4.78 is 2.03. The van der Waals surface area contributed by atoms with Crippen molar-refractivity contribution in [3.05, 3.63) is 21.1 Å². The van der Waals surface area contributed by atoms with Gasteiger partial charge in [-0.3, -0.25) is 0 Å². The molecule has 1 aromatic heterocycles. The number of aromatic nitrogens is 3. The van der Waals surface area contributed by atoms with E-state index in [0.717, 1.165) is 32.9 Å². The second kappa shape index (κ2) is 5.96. The predicted molar refractivity (Wildman–Crippen MR) is 77.1 cm³/mol. The zero-order valence-electron chi connectivity index (χ0n) is 9.79. The van der Waals surface area contributed by atoms with Crippen molar-refractivity contribution in [2.24, 2.45) is 0 Å². The molecule has 0 aliphatic carbocycles. The van der Waals surface area contributed by atoms with Crippen LogP contribution in [0.4, 0.5) is 0 Å². The topological polar surface area (TPSA) is 30.7 Å². The maximum Gasteiger partial charge on any atom is 0.114 e. The fourth-order valence-electron chi connectivity index (χ4n) is 1.74. The molecule has 0 fully saturated rings. The van der Waals surface area contributed by atoms with Gasteiger partial charge in [0.1, 0.15) is 11.0 Å². The molecule has 2 rings (SSSR count). The summed E-state index contributed by atoms with van der Waals surface area (Å²) in [5.74, 6) is 0. The molecule has 0 saturated carbocycles. The minimum absolute atomic E-state index is 0.907. The van der Waals surface area contributed by atoms with Crippen molar-refractivity contribution in [2.45, 2.75) is 39.2 Å². The van der Waals surface area contributed by atoms with Gasteiger partial charge in [0.2, 0.25) is 0 Å². The first kappa shape index (κ1) is 13.0. The van der Waals surface area contributed by atoms with E-state index in [2.05, 4.69) is 49.0 Å². The minimum Gasteiger partial charge on any atom is -0.184 e. The summed E-state index contributed by atoms with van der Waals surface area (Å²) in [5.41, 5.74) is 1.88. The molecule has 1 heterocycles. The predicted octanol–water partition coefficient (Wildman–Crippen LogP) is 4.54. The Hall–Kier alpha value is -0.420. The SMILES string of the molecule is CCCCCCn1nc2cc(Br)c(Br)cc2n1. The fourth-order valence-corrected chi connectivity index (χ4v) is 2.40.